The van der Waals surface area contributed by atoms with Crippen LogP contribution >= 0.6 is 0 Å². The van der Waals surface area contributed by atoms with E-state index in [-0.39, 0.29) is 0 Å². The summed E-state index contributed by atoms with van der Waals surface area (Å²) in [4.78, 5) is 33.9. The number of rotatable bonds is 5. The molecule has 0 spiro atoms. The number of benzene rings is 3. The van der Waals surface area contributed by atoms with Gasteiger partial charge in [0.05, 0.1) is 24.5 Å². The Morgan fingerprint density at radius 1 is 0.743 bits per heavy atom. The van der Waals surface area contributed by atoms with Gasteiger partial charge in [0.15, 0.2) is 0 Å². The Morgan fingerprint density at radius 3 is 1.83 bits per heavy atom. The summed E-state index contributed by atoms with van der Waals surface area (Å²) in [7, 11) is 1.56. The summed E-state index contributed by atoms with van der Waals surface area (Å²) in [5.74, 6) is -0.366. The molecule has 2 N–H and O–H groups in total. The van der Waals surface area contributed by atoms with Crippen LogP contribution in [0.4, 0.5) is 0 Å². The summed E-state index contributed by atoms with van der Waals surface area (Å²) in [6.07, 6.45) is 5.01. The van der Waals surface area contributed by atoms with Crippen molar-refractivity contribution in [2.24, 2.45) is 5.10 Å². The lowest BCUT2D eigenvalue weighted by Crippen LogP contribution is -2.26. The number of methoxy groups -OCH3 is 1. The third kappa shape index (κ3) is 3.25. The molecule has 0 unspecified atom stereocenters. The molecular formula is C28H20N4O3. The normalized spacial score (nSPS) is 14.3. The van der Waals surface area contributed by atoms with E-state index in [4.69, 9.17) is 4.74 Å². The average Bonchev–Trinajstić information content (AvgIpc) is 3.57. The first kappa shape index (κ1) is 20.7. The number of hydrazone groups is 1. The third-order valence-electron chi connectivity index (χ3n) is 6.23. The Bertz CT molecular complexity index is 1590. The number of aromatic amines is 2. The summed E-state index contributed by atoms with van der Waals surface area (Å²) < 4.78 is 5.37. The van der Waals surface area contributed by atoms with E-state index in [0.29, 0.717) is 33.6 Å². The lowest BCUT2D eigenvalue weighted by molar-refractivity contribution is -0.135. The maximum atomic E-state index is 13.8. The van der Waals surface area contributed by atoms with Crippen molar-refractivity contribution >= 4 is 51.0 Å². The van der Waals surface area contributed by atoms with Crippen molar-refractivity contribution in [1.82, 2.24) is 15.0 Å². The van der Waals surface area contributed by atoms with Crippen molar-refractivity contribution in [3.8, 4) is 5.75 Å². The smallest absolute Gasteiger partial charge is 0.283 e. The maximum Gasteiger partial charge on any atom is 0.283 e. The number of H-pyrrole nitrogens is 2. The molecule has 35 heavy (non-hydrogen) atoms. The Kier molecular flexibility index (Phi) is 4.81. The van der Waals surface area contributed by atoms with E-state index in [0.717, 1.165) is 26.8 Å². The highest BCUT2D eigenvalue weighted by molar-refractivity contribution is 6.50. The summed E-state index contributed by atoms with van der Waals surface area (Å²) in [5.41, 5.74) is 4.37. The van der Waals surface area contributed by atoms with Gasteiger partial charge in [0.25, 0.3) is 11.8 Å². The van der Waals surface area contributed by atoms with E-state index in [1.807, 2.05) is 66.7 Å². The van der Waals surface area contributed by atoms with E-state index in [1.54, 1.807) is 25.6 Å². The van der Waals surface area contributed by atoms with Crippen molar-refractivity contribution in [3.05, 3.63) is 102 Å². The van der Waals surface area contributed by atoms with Gasteiger partial charge in [-0.15, -0.1) is 0 Å². The van der Waals surface area contributed by atoms with Gasteiger partial charge in [-0.25, -0.2) is 0 Å². The number of imide groups is 1. The monoisotopic (exact) mass is 460 g/mol. The number of ether oxygens (including phenoxy) is 1. The highest BCUT2D eigenvalue weighted by atomic mass is 16.5. The molecule has 0 saturated heterocycles. The van der Waals surface area contributed by atoms with Crippen LogP contribution < -0.4 is 4.74 Å². The summed E-state index contributed by atoms with van der Waals surface area (Å²) in [6.45, 7) is 0. The Morgan fingerprint density at radius 2 is 1.26 bits per heavy atom. The molecule has 7 heteroatoms. The van der Waals surface area contributed by atoms with Crippen LogP contribution in [0.2, 0.25) is 0 Å². The van der Waals surface area contributed by atoms with E-state index in [1.165, 1.54) is 6.21 Å². The van der Waals surface area contributed by atoms with Gasteiger partial charge in [0.2, 0.25) is 0 Å². The van der Waals surface area contributed by atoms with Crippen LogP contribution in [0, 0.1) is 0 Å². The largest absolute Gasteiger partial charge is 0.496 e. The number of fused-ring (bicyclic) bond motifs is 2. The molecule has 5 aromatic rings. The predicted octanol–water partition coefficient (Wildman–Crippen LogP) is 4.97. The first-order valence-electron chi connectivity index (χ1n) is 11.1. The van der Waals surface area contributed by atoms with Gasteiger partial charge in [-0.1, -0.05) is 48.5 Å². The number of nitrogens with zero attached hydrogens (tertiary/aromatic N) is 2. The van der Waals surface area contributed by atoms with Crippen molar-refractivity contribution in [3.63, 3.8) is 0 Å². The van der Waals surface area contributed by atoms with Crippen LogP contribution in [0.25, 0.3) is 33.0 Å². The number of aromatic nitrogens is 2. The van der Waals surface area contributed by atoms with E-state index < -0.39 is 11.8 Å². The average molecular weight is 460 g/mol. The van der Waals surface area contributed by atoms with Crippen molar-refractivity contribution < 1.29 is 14.3 Å². The zero-order chi connectivity index (χ0) is 23.9. The maximum absolute atomic E-state index is 13.8. The van der Waals surface area contributed by atoms with E-state index in [9.17, 15) is 9.59 Å². The first-order valence-corrected chi connectivity index (χ1v) is 11.1. The number of para-hydroxylation sites is 3. The second-order valence-electron chi connectivity index (χ2n) is 8.15. The fraction of sp³-hybridized carbons (Fsp3) is 0.0357. The molecule has 0 aliphatic carbocycles. The summed E-state index contributed by atoms with van der Waals surface area (Å²) in [5, 5.41) is 6.96. The van der Waals surface area contributed by atoms with Crippen LogP contribution in [0.1, 0.15) is 16.7 Å². The van der Waals surface area contributed by atoms with Gasteiger partial charge < -0.3 is 14.7 Å². The second-order valence-corrected chi connectivity index (χ2v) is 8.15. The van der Waals surface area contributed by atoms with Crippen LogP contribution in [-0.2, 0) is 9.59 Å². The van der Waals surface area contributed by atoms with Crippen LogP contribution in [-0.4, -0.2) is 40.1 Å². The molecule has 0 atom stereocenters. The van der Waals surface area contributed by atoms with Gasteiger partial charge >= 0.3 is 0 Å². The molecule has 2 aromatic heterocycles. The molecule has 2 amide bonds. The van der Waals surface area contributed by atoms with E-state index in [2.05, 4.69) is 15.1 Å². The number of carbonyl (C=O) groups is 2. The SMILES string of the molecule is COc1ccccc1/C=N/N1C(=O)C(c2c[nH]c3ccccc23)=C(c2c[nH]c3ccccc23)C1=O. The number of hydrogen-bond acceptors (Lipinski definition) is 4. The Balaban J connectivity index is 1.54. The van der Waals surface area contributed by atoms with Gasteiger partial charge in [-0.05, 0) is 24.3 Å². The fourth-order valence-corrected chi connectivity index (χ4v) is 4.57. The number of nitrogens with one attached hydrogen (secondary N) is 2. The minimum Gasteiger partial charge on any atom is -0.496 e. The van der Waals surface area contributed by atoms with Crippen LogP contribution in [0.15, 0.2) is 90.3 Å². The minimum atomic E-state index is -0.480. The second kappa shape index (κ2) is 8.14. The topological polar surface area (TPSA) is 90.5 Å². The van der Waals surface area contributed by atoms with E-state index >= 15 is 0 Å². The van der Waals surface area contributed by atoms with Gasteiger partial charge in [0, 0.05) is 50.9 Å². The lowest BCUT2D eigenvalue weighted by Gasteiger charge is -2.09. The molecule has 0 radical (unpaired) electrons. The molecule has 6 rings (SSSR count). The fourth-order valence-electron chi connectivity index (χ4n) is 4.57. The van der Waals surface area contributed by atoms with Crippen molar-refractivity contribution in [2.45, 2.75) is 0 Å². The zero-order valence-electron chi connectivity index (χ0n) is 18.8. The molecule has 1 aliphatic heterocycles. The van der Waals surface area contributed by atoms with Gasteiger partial charge in [-0.2, -0.15) is 10.1 Å². The Hall–Kier alpha value is -4.91. The summed E-state index contributed by atoms with van der Waals surface area (Å²) in [6, 6.07) is 22.7. The molecule has 170 valence electrons. The first-order chi connectivity index (χ1) is 17.2. The minimum absolute atomic E-state index is 0.314. The molecule has 3 heterocycles. The standard InChI is InChI=1S/C28H20N4O3/c1-35-24-13-7-2-8-17(24)14-31-32-27(33)25(20-15-29-22-11-5-3-9-18(20)22)26(28(32)34)21-16-30-23-12-6-4-10-19(21)23/h2-16,29-30H,1H3/b31-14+. The zero-order valence-corrected chi connectivity index (χ0v) is 18.8. The number of amides is 2. The van der Waals surface area contributed by atoms with Gasteiger partial charge in [0.1, 0.15) is 5.75 Å². The molecule has 0 fully saturated rings. The van der Waals surface area contributed by atoms with Crippen LogP contribution in [0.3, 0.4) is 0 Å². The molecule has 3 aromatic carbocycles. The molecule has 0 bridgehead atoms. The van der Waals surface area contributed by atoms with Crippen LogP contribution in [0.5, 0.6) is 5.75 Å². The van der Waals surface area contributed by atoms with Crippen molar-refractivity contribution in [2.75, 3.05) is 7.11 Å². The summed E-state index contributed by atoms with van der Waals surface area (Å²) >= 11 is 0. The highest BCUT2D eigenvalue weighted by Gasteiger charge is 2.41. The highest BCUT2D eigenvalue weighted by Crippen LogP contribution is 2.40. The number of carbonyl (C=O) groups excluding carboxylic acids is 2. The predicted molar refractivity (Wildman–Crippen MR) is 136 cm³/mol. The molecule has 1 aliphatic rings. The molecular weight excluding hydrogens is 440 g/mol. The lowest BCUT2D eigenvalue weighted by atomic mass is 9.95. The number of hydrogen-bond donors (Lipinski definition) is 2. The van der Waals surface area contributed by atoms with Crippen molar-refractivity contribution in [1.29, 1.82) is 0 Å². The molecule has 7 nitrogen and oxygen atoms in total. The third-order valence-corrected chi connectivity index (χ3v) is 6.23. The quantitative estimate of drug-likeness (QED) is 0.287. The molecule has 0 saturated carbocycles. The Labute approximate surface area is 200 Å². The van der Waals surface area contributed by atoms with Gasteiger partial charge in [-0.3, -0.25) is 9.59 Å².